The van der Waals surface area contributed by atoms with E-state index in [2.05, 4.69) is 78.5 Å². The fraction of sp³-hybridized carbons (Fsp3) is 0.333. The summed E-state index contributed by atoms with van der Waals surface area (Å²) in [4.78, 5) is 2.48. The molecule has 0 spiro atoms. The summed E-state index contributed by atoms with van der Waals surface area (Å²) in [6.07, 6.45) is 3.29. The normalized spacial score (nSPS) is 13.5. The Morgan fingerprint density at radius 2 is 1.50 bits per heavy atom. The van der Waals surface area contributed by atoms with E-state index in [1.165, 1.54) is 22.5 Å². The lowest BCUT2D eigenvalue weighted by Crippen LogP contribution is -2.23. The summed E-state index contributed by atoms with van der Waals surface area (Å²) in [6, 6.07) is 13.3. The number of nitrogens with zero attached hydrogens (tertiary/aromatic N) is 1. The molecule has 0 amide bonds. The number of aryl methyl sites for hydroxylation is 2. The highest BCUT2D eigenvalue weighted by Crippen LogP contribution is 2.38. The number of benzene rings is 2. The maximum absolute atomic E-state index is 3.61. The quantitative estimate of drug-likeness (QED) is 0.691. The molecule has 0 bridgehead atoms. The molecule has 2 aromatic carbocycles. The SMILES string of the molecule is CNCCCN1c2ccc(Br)cc2CCc2cc(Br)ccc21. The third kappa shape index (κ3) is 3.39. The number of anilines is 2. The molecule has 1 heterocycles. The van der Waals surface area contributed by atoms with Gasteiger partial charge in [0.2, 0.25) is 0 Å². The highest BCUT2D eigenvalue weighted by Gasteiger charge is 2.20. The number of fused-ring (bicyclic) bond motifs is 2. The van der Waals surface area contributed by atoms with Crippen LogP contribution in [0, 0.1) is 0 Å². The lowest BCUT2D eigenvalue weighted by molar-refractivity contribution is 0.723. The molecule has 0 atom stereocenters. The molecule has 1 aliphatic heterocycles. The van der Waals surface area contributed by atoms with Crippen LogP contribution in [-0.4, -0.2) is 20.1 Å². The van der Waals surface area contributed by atoms with E-state index in [0.717, 1.165) is 41.3 Å². The van der Waals surface area contributed by atoms with E-state index in [9.17, 15) is 0 Å². The molecule has 0 aliphatic carbocycles. The molecule has 116 valence electrons. The van der Waals surface area contributed by atoms with Crippen molar-refractivity contribution in [3.05, 3.63) is 56.5 Å². The minimum Gasteiger partial charge on any atom is -0.341 e. The van der Waals surface area contributed by atoms with Gasteiger partial charge in [0, 0.05) is 26.9 Å². The maximum Gasteiger partial charge on any atom is 0.0444 e. The van der Waals surface area contributed by atoms with Gasteiger partial charge in [0.15, 0.2) is 0 Å². The number of rotatable bonds is 4. The van der Waals surface area contributed by atoms with Crippen molar-refractivity contribution in [1.82, 2.24) is 5.32 Å². The summed E-state index contributed by atoms with van der Waals surface area (Å²) in [5, 5.41) is 3.25. The van der Waals surface area contributed by atoms with Crippen LogP contribution < -0.4 is 10.2 Å². The number of hydrogen-bond acceptors (Lipinski definition) is 2. The van der Waals surface area contributed by atoms with E-state index in [1.54, 1.807) is 0 Å². The molecule has 0 radical (unpaired) electrons. The van der Waals surface area contributed by atoms with E-state index in [0.29, 0.717) is 0 Å². The van der Waals surface area contributed by atoms with Crippen LogP contribution in [0.25, 0.3) is 0 Å². The van der Waals surface area contributed by atoms with Crippen molar-refractivity contribution in [2.24, 2.45) is 0 Å². The van der Waals surface area contributed by atoms with Crippen molar-refractivity contribution in [2.75, 3.05) is 25.0 Å². The Balaban J connectivity index is 2.04. The van der Waals surface area contributed by atoms with Crippen LogP contribution in [0.5, 0.6) is 0 Å². The van der Waals surface area contributed by atoms with Crippen molar-refractivity contribution >= 4 is 43.2 Å². The third-order valence-electron chi connectivity index (χ3n) is 4.14. The molecule has 1 aliphatic rings. The van der Waals surface area contributed by atoms with Crippen LogP contribution in [0.2, 0.25) is 0 Å². The molecule has 0 aromatic heterocycles. The maximum atomic E-state index is 3.61. The molecule has 0 saturated heterocycles. The minimum absolute atomic E-state index is 1.03. The highest BCUT2D eigenvalue weighted by atomic mass is 79.9. The Labute approximate surface area is 149 Å². The molecule has 2 nitrogen and oxygen atoms in total. The number of hydrogen-bond donors (Lipinski definition) is 1. The average Bonchev–Trinajstić information content (AvgIpc) is 2.64. The molecule has 2 aromatic rings. The van der Waals surface area contributed by atoms with Crippen molar-refractivity contribution in [2.45, 2.75) is 19.3 Å². The van der Waals surface area contributed by atoms with Crippen molar-refractivity contribution in [3.63, 3.8) is 0 Å². The zero-order valence-corrected chi connectivity index (χ0v) is 15.9. The number of nitrogens with one attached hydrogen (secondary N) is 1. The summed E-state index contributed by atoms with van der Waals surface area (Å²) in [5.74, 6) is 0. The van der Waals surface area contributed by atoms with Gasteiger partial charge in [-0.15, -0.1) is 0 Å². The van der Waals surface area contributed by atoms with Crippen LogP contribution >= 0.6 is 31.9 Å². The summed E-state index contributed by atoms with van der Waals surface area (Å²) >= 11 is 7.22. The molecule has 4 heteroatoms. The van der Waals surface area contributed by atoms with Gasteiger partial charge >= 0.3 is 0 Å². The van der Waals surface area contributed by atoms with Crippen molar-refractivity contribution in [3.8, 4) is 0 Å². The molecular weight excluding hydrogens is 404 g/mol. The van der Waals surface area contributed by atoms with E-state index < -0.39 is 0 Å². The van der Waals surface area contributed by atoms with Crippen LogP contribution in [0.1, 0.15) is 17.5 Å². The molecule has 0 fully saturated rings. The summed E-state index contributed by atoms with van der Waals surface area (Å²) < 4.78 is 2.32. The van der Waals surface area contributed by atoms with E-state index in [-0.39, 0.29) is 0 Å². The van der Waals surface area contributed by atoms with Gasteiger partial charge in [-0.05, 0) is 80.4 Å². The second-order valence-electron chi connectivity index (χ2n) is 5.65. The molecule has 0 unspecified atom stereocenters. The molecule has 0 saturated carbocycles. The Morgan fingerprint density at radius 1 is 0.955 bits per heavy atom. The number of halogens is 2. The van der Waals surface area contributed by atoms with Gasteiger partial charge in [-0.25, -0.2) is 0 Å². The van der Waals surface area contributed by atoms with Gasteiger partial charge in [0.05, 0.1) is 0 Å². The zero-order chi connectivity index (χ0) is 15.5. The van der Waals surface area contributed by atoms with Crippen LogP contribution in [-0.2, 0) is 12.8 Å². The van der Waals surface area contributed by atoms with Crippen molar-refractivity contribution < 1.29 is 0 Å². The first-order valence-electron chi connectivity index (χ1n) is 7.68. The standard InChI is InChI=1S/C18H20Br2N2/c1-21-9-2-10-22-17-7-5-15(19)11-13(17)3-4-14-12-16(20)6-8-18(14)22/h5-8,11-12,21H,2-4,9-10H2,1H3. The van der Waals surface area contributed by atoms with E-state index >= 15 is 0 Å². The summed E-state index contributed by atoms with van der Waals surface area (Å²) in [5.41, 5.74) is 5.54. The predicted molar refractivity (Wildman–Crippen MR) is 101 cm³/mol. The summed E-state index contributed by atoms with van der Waals surface area (Å²) in [7, 11) is 2.01. The van der Waals surface area contributed by atoms with Crippen LogP contribution in [0.4, 0.5) is 11.4 Å². The zero-order valence-electron chi connectivity index (χ0n) is 12.7. The van der Waals surface area contributed by atoms with Crippen LogP contribution in [0.3, 0.4) is 0 Å². The average molecular weight is 424 g/mol. The molecule has 22 heavy (non-hydrogen) atoms. The minimum atomic E-state index is 1.03. The van der Waals surface area contributed by atoms with Gasteiger partial charge in [-0.1, -0.05) is 31.9 Å². The first kappa shape index (κ1) is 16.0. The lowest BCUT2D eigenvalue weighted by atomic mass is 10.0. The first-order chi connectivity index (χ1) is 10.7. The van der Waals surface area contributed by atoms with Gasteiger partial charge < -0.3 is 10.2 Å². The van der Waals surface area contributed by atoms with Crippen molar-refractivity contribution in [1.29, 1.82) is 0 Å². The summed E-state index contributed by atoms with van der Waals surface area (Å²) in [6.45, 7) is 2.07. The highest BCUT2D eigenvalue weighted by molar-refractivity contribution is 9.10. The Hall–Kier alpha value is -0.840. The first-order valence-corrected chi connectivity index (χ1v) is 9.26. The van der Waals surface area contributed by atoms with E-state index in [4.69, 9.17) is 0 Å². The molecule has 3 rings (SSSR count). The molecule has 1 N–H and O–H groups in total. The predicted octanol–water partition coefficient (Wildman–Crippen LogP) is 5.06. The fourth-order valence-corrected chi connectivity index (χ4v) is 3.91. The molecular formula is C18H20Br2N2. The Kier molecular flexibility index (Phi) is 5.21. The second kappa shape index (κ2) is 7.16. The monoisotopic (exact) mass is 422 g/mol. The smallest absolute Gasteiger partial charge is 0.0444 e. The van der Waals surface area contributed by atoms with Gasteiger partial charge in [-0.3, -0.25) is 0 Å². The van der Waals surface area contributed by atoms with Gasteiger partial charge in [0.25, 0.3) is 0 Å². The lowest BCUT2D eigenvalue weighted by Gasteiger charge is -2.27. The van der Waals surface area contributed by atoms with Crippen LogP contribution in [0.15, 0.2) is 45.3 Å². The van der Waals surface area contributed by atoms with E-state index in [1.807, 2.05) is 7.05 Å². The largest absolute Gasteiger partial charge is 0.341 e. The Morgan fingerprint density at radius 3 is 2.00 bits per heavy atom. The topological polar surface area (TPSA) is 15.3 Å². The Bertz CT molecular complexity index is 617. The van der Waals surface area contributed by atoms with Gasteiger partial charge in [0.1, 0.15) is 0 Å². The third-order valence-corrected chi connectivity index (χ3v) is 5.12. The fourth-order valence-electron chi connectivity index (χ4n) is 3.09. The second-order valence-corrected chi connectivity index (χ2v) is 7.49. The van der Waals surface area contributed by atoms with Gasteiger partial charge in [-0.2, -0.15) is 0 Å².